The number of hydrogen-bond donors (Lipinski definition) is 3. The third kappa shape index (κ3) is 7.03. The van der Waals surface area contributed by atoms with Crippen molar-refractivity contribution in [3.63, 3.8) is 0 Å². The highest BCUT2D eigenvalue weighted by atomic mass is 32.1. The van der Waals surface area contributed by atoms with Crippen molar-refractivity contribution >= 4 is 24.6 Å². The molecule has 0 unspecified atom stereocenters. The molecule has 6 heteroatoms. The maximum Gasteiger partial charge on any atom is 0.251 e. The van der Waals surface area contributed by atoms with E-state index in [2.05, 4.69) is 73.2 Å². The second-order valence-electron chi connectivity index (χ2n) is 10.2. The number of H-pyrrole nitrogens is 1. The summed E-state index contributed by atoms with van der Waals surface area (Å²) in [5.74, 6) is 0.820. The van der Waals surface area contributed by atoms with Crippen molar-refractivity contribution in [3.8, 4) is 17.1 Å². The lowest BCUT2D eigenvalue weighted by Gasteiger charge is -2.20. The number of amides is 1. The van der Waals surface area contributed by atoms with E-state index in [1.54, 1.807) is 12.1 Å². The van der Waals surface area contributed by atoms with Crippen LogP contribution in [-0.2, 0) is 0 Å². The molecule has 0 saturated heterocycles. The Labute approximate surface area is 220 Å². The average molecular weight is 504 g/mol. The molecule has 1 heterocycles. The fourth-order valence-electron chi connectivity index (χ4n) is 4.89. The Bertz CT molecular complexity index is 1210. The van der Waals surface area contributed by atoms with Gasteiger partial charge in [-0.05, 0) is 74.3 Å². The Morgan fingerprint density at radius 3 is 2.67 bits per heavy atom. The molecular weight excluding hydrogens is 466 g/mol. The minimum Gasteiger partial charge on any atom is -0.474 e. The molecular formula is C30H37N3O2S. The van der Waals surface area contributed by atoms with Gasteiger partial charge < -0.3 is 10.1 Å². The number of carbonyl (C=O) groups is 1. The summed E-state index contributed by atoms with van der Waals surface area (Å²) in [6, 6.07) is 15.5. The van der Waals surface area contributed by atoms with Gasteiger partial charge >= 0.3 is 0 Å². The topological polar surface area (TPSA) is 67.0 Å². The van der Waals surface area contributed by atoms with Crippen LogP contribution in [0.1, 0.15) is 73.9 Å². The molecule has 1 fully saturated rings. The van der Waals surface area contributed by atoms with Crippen molar-refractivity contribution < 1.29 is 9.53 Å². The predicted octanol–water partition coefficient (Wildman–Crippen LogP) is 7.24. The van der Waals surface area contributed by atoms with Crippen molar-refractivity contribution in [2.45, 2.75) is 70.2 Å². The van der Waals surface area contributed by atoms with Gasteiger partial charge in [-0.2, -0.15) is 0 Å². The maximum atomic E-state index is 12.8. The number of allylic oxidation sites excluding steroid dienone is 1. The van der Waals surface area contributed by atoms with Crippen LogP contribution in [0.2, 0.25) is 0 Å². The highest BCUT2D eigenvalue weighted by Gasteiger charge is 2.18. The van der Waals surface area contributed by atoms with Crippen LogP contribution in [-0.4, -0.2) is 28.8 Å². The van der Waals surface area contributed by atoms with E-state index in [4.69, 9.17) is 4.74 Å². The van der Waals surface area contributed by atoms with Gasteiger partial charge in [0.25, 0.3) is 5.91 Å². The van der Waals surface area contributed by atoms with Gasteiger partial charge in [-0.15, -0.1) is 17.7 Å². The van der Waals surface area contributed by atoms with Gasteiger partial charge in [0.1, 0.15) is 6.61 Å². The van der Waals surface area contributed by atoms with Crippen molar-refractivity contribution in [1.29, 1.82) is 0 Å². The lowest BCUT2D eigenvalue weighted by atomic mass is 9.91. The summed E-state index contributed by atoms with van der Waals surface area (Å²) >= 11 is 4.35. The number of aryl methyl sites for hydroxylation is 1. The Balaban J connectivity index is 1.47. The summed E-state index contributed by atoms with van der Waals surface area (Å²) in [7, 11) is 0. The molecule has 36 heavy (non-hydrogen) atoms. The number of ether oxygens (including phenoxy) is 1. The van der Waals surface area contributed by atoms with E-state index in [0.717, 1.165) is 22.6 Å². The van der Waals surface area contributed by atoms with Crippen molar-refractivity contribution in [1.82, 2.24) is 15.5 Å². The SMILES string of the molecule is Cc1cccc(C=C2CCCCC2)c1-c1cc(OC[C@@H](CC(C)C)NC(=O)c2cccc(S)c2)n[nH]1. The zero-order chi connectivity index (χ0) is 25.5. The third-order valence-electron chi connectivity index (χ3n) is 6.62. The fourth-order valence-corrected chi connectivity index (χ4v) is 5.12. The van der Waals surface area contributed by atoms with Gasteiger partial charge in [-0.3, -0.25) is 9.89 Å². The summed E-state index contributed by atoms with van der Waals surface area (Å²) in [5.41, 5.74) is 6.65. The Morgan fingerprint density at radius 1 is 1.14 bits per heavy atom. The van der Waals surface area contributed by atoms with Crippen molar-refractivity contribution in [2.24, 2.45) is 5.92 Å². The number of carbonyl (C=O) groups excluding carboxylic acids is 1. The molecule has 1 aliphatic carbocycles. The second kappa shape index (κ2) is 12.3. The Morgan fingerprint density at radius 2 is 1.92 bits per heavy atom. The first-order chi connectivity index (χ1) is 17.4. The molecule has 1 atom stereocenters. The molecule has 0 spiro atoms. The van der Waals surface area contributed by atoms with Crippen LogP contribution in [0.4, 0.5) is 0 Å². The van der Waals surface area contributed by atoms with E-state index in [-0.39, 0.29) is 11.9 Å². The Hall–Kier alpha value is -2.99. The third-order valence-corrected chi connectivity index (χ3v) is 6.89. The van der Waals surface area contributed by atoms with Gasteiger partial charge in [0, 0.05) is 22.1 Å². The van der Waals surface area contributed by atoms with Gasteiger partial charge in [-0.1, -0.05) is 56.2 Å². The van der Waals surface area contributed by atoms with Gasteiger partial charge in [0.2, 0.25) is 5.88 Å². The summed E-state index contributed by atoms with van der Waals surface area (Å²) in [6.45, 7) is 6.76. The van der Waals surface area contributed by atoms with E-state index in [9.17, 15) is 4.79 Å². The molecule has 2 aromatic carbocycles. The normalized spacial score (nSPS) is 14.5. The monoisotopic (exact) mass is 503 g/mol. The number of thiol groups is 1. The van der Waals surface area contributed by atoms with Crippen LogP contribution in [0.5, 0.6) is 5.88 Å². The highest BCUT2D eigenvalue weighted by molar-refractivity contribution is 7.80. The molecule has 1 amide bonds. The van der Waals surface area contributed by atoms with Crippen LogP contribution < -0.4 is 10.1 Å². The summed E-state index contributed by atoms with van der Waals surface area (Å²) < 4.78 is 6.07. The maximum absolute atomic E-state index is 12.8. The summed E-state index contributed by atoms with van der Waals surface area (Å²) in [4.78, 5) is 13.6. The van der Waals surface area contributed by atoms with Gasteiger partial charge in [0.15, 0.2) is 0 Å². The number of aromatic nitrogens is 2. The number of hydrogen-bond acceptors (Lipinski definition) is 4. The van der Waals surface area contributed by atoms with Crippen LogP contribution >= 0.6 is 12.6 Å². The molecule has 0 radical (unpaired) electrons. The standard InChI is InChI=1S/C30H37N3O2S/c1-20(2)15-25(31-30(34)24-13-8-14-26(36)17-24)19-35-28-18-27(32-33-28)29-21(3)9-7-12-23(29)16-22-10-5-4-6-11-22/h7-9,12-14,16-18,20,25,36H,4-6,10-11,15,19H2,1-3H3,(H,31,34)(H,32,33)/t25-/m1/s1. The van der Waals surface area contributed by atoms with Crippen LogP contribution in [0.25, 0.3) is 17.3 Å². The number of nitrogens with one attached hydrogen (secondary N) is 2. The molecule has 1 aliphatic rings. The Kier molecular flexibility index (Phi) is 8.92. The average Bonchev–Trinajstić information content (AvgIpc) is 3.31. The number of benzene rings is 2. The van der Waals surface area contributed by atoms with Crippen molar-refractivity contribution in [2.75, 3.05) is 6.61 Å². The zero-order valence-electron chi connectivity index (χ0n) is 21.5. The summed E-state index contributed by atoms with van der Waals surface area (Å²) in [6.07, 6.45) is 9.43. The molecule has 190 valence electrons. The molecule has 4 rings (SSSR count). The van der Waals surface area contributed by atoms with E-state index in [1.165, 1.54) is 48.8 Å². The van der Waals surface area contributed by atoms with Gasteiger partial charge in [0.05, 0.1) is 11.7 Å². The van der Waals surface area contributed by atoms with Crippen molar-refractivity contribution in [3.05, 3.63) is 70.8 Å². The number of aromatic amines is 1. The first-order valence-corrected chi connectivity index (χ1v) is 13.4. The molecule has 3 aromatic rings. The smallest absolute Gasteiger partial charge is 0.251 e. The molecule has 2 N–H and O–H groups in total. The predicted molar refractivity (Wildman–Crippen MR) is 150 cm³/mol. The minimum atomic E-state index is -0.133. The molecule has 1 aromatic heterocycles. The number of nitrogens with zero attached hydrogens (tertiary/aromatic N) is 1. The molecule has 0 bridgehead atoms. The minimum absolute atomic E-state index is 0.122. The zero-order valence-corrected chi connectivity index (χ0v) is 22.4. The lowest BCUT2D eigenvalue weighted by molar-refractivity contribution is 0.0913. The van der Waals surface area contributed by atoms with E-state index in [1.807, 2.05) is 18.2 Å². The highest BCUT2D eigenvalue weighted by Crippen LogP contribution is 2.32. The molecule has 0 aliphatic heterocycles. The summed E-state index contributed by atoms with van der Waals surface area (Å²) in [5, 5.41) is 10.7. The van der Waals surface area contributed by atoms with Crippen LogP contribution in [0.3, 0.4) is 0 Å². The van der Waals surface area contributed by atoms with Crippen LogP contribution in [0.15, 0.2) is 59.0 Å². The van der Waals surface area contributed by atoms with Crippen LogP contribution in [0, 0.1) is 12.8 Å². The molecule has 1 saturated carbocycles. The first-order valence-electron chi connectivity index (χ1n) is 13.0. The van der Waals surface area contributed by atoms with E-state index in [0.29, 0.717) is 24.0 Å². The van der Waals surface area contributed by atoms with E-state index >= 15 is 0 Å². The van der Waals surface area contributed by atoms with Gasteiger partial charge in [-0.25, -0.2) is 0 Å². The van der Waals surface area contributed by atoms with E-state index < -0.39 is 0 Å². The first kappa shape index (κ1) is 26.1. The lowest BCUT2D eigenvalue weighted by Crippen LogP contribution is -2.40. The second-order valence-corrected chi connectivity index (χ2v) is 10.7. The quantitative estimate of drug-likeness (QED) is 0.270. The number of rotatable bonds is 9. The largest absolute Gasteiger partial charge is 0.474 e. The fraction of sp³-hybridized carbons (Fsp3) is 0.400. The molecule has 5 nitrogen and oxygen atoms in total.